The number of benzene rings is 1. The lowest BCUT2D eigenvalue weighted by Gasteiger charge is -2.20. The van der Waals surface area contributed by atoms with Crippen LogP contribution in [0.15, 0.2) is 35.8 Å². The number of halogens is 1. The Morgan fingerprint density at radius 1 is 1.32 bits per heavy atom. The SMILES string of the molecule is CCC(NC(C)Cc1ccc(Cl)cc1)c1nccs1. The second-order valence-corrected chi connectivity index (χ2v) is 6.09. The Balaban J connectivity index is 1.93. The summed E-state index contributed by atoms with van der Waals surface area (Å²) in [4.78, 5) is 4.40. The lowest BCUT2D eigenvalue weighted by molar-refractivity contribution is 0.442. The Labute approximate surface area is 123 Å². The van der Waals surface area contributed by atoms with Gasteiger partial charge in [0.2, 0.25) is 0 Å². The fraction of sp³-hybridized carbons (Fsp3) is 0.400. The van der Waals surface area contributed by atoms with Crippen molar-refractivity contribution in [2.75, 3.05) is 0 Å². The average Bonchev–Trinajstić information content (AvgIpc) is 2.92. The molecule has 1 N–H and O–H groups in total. The molecule has 0 aliphatic heterocycles. The highest BCUT2D eigenvalue weighted by atomic mass is 35.5. The van der Waals surface area contributed by atoms with Crippen LogP contribution in [-0.2, 0) is 6.42 Å². The molecule has 2 aromatic rings. The van der Waals surface area contributed by atoms with Crippen LogP contribution >= 0.6 is 22.9 Å². The van der Waals surface area contributed by atoms with E-state index in [0.29, 0.717) is 12.1 Å². The zero-order chi connectivity index (χ0) is 13.7. The third kappa shape index (κ3) is 4.30. The van der Waals surface area contributed by atoms with Crippen LogP contribution in [0.25, 0.3) is 0 Å². The van der Waals surface area contributed by atoms with Crippen molar-refractivity contribution in [1.82, 2.24) is 10.3 Å². The molecule has 2 unspecified atom stereocenters. The van der Waals surface area contributed by atoms with Crippen molar-refractivity contribution in [3.63, 3.8) is 0 Å². The summed E-state index contributed by atoms with van der Waals surface area (Å²) in [6, 6.07) is 8.83. The van der Waals surface area contributed by atoms with E-state index < -0.39 is 0 Å². The van der Waals surface area contributed by atoms with Gasteiger partial charge in [-0.3, -0.25) is 0 Å². The highest BCUT2D eigenvalue weighted by Crippen LogP contribution is 2.20. The first-order valence-corrected chi connectivity index (χ1v) is 7.84. The Kier molecular flexibility index (Phi) is 5.37. The maximum Gasteiger partial charge on any atom is 0.109 e. The molecule has 2 rings (SSSR count). The largest absolute Gasteiger partial charge is 0.305 e. The molecule has 0 radical (unpaired) electrons. The van der Waals surface area contributed by atoms with Crippen molar-refractivity contribution in [1.29, 1.82) is 0 Å². The van der Waals surface area contributed by atoms with Crippen molar-refractivity contribution in [3.05, 3.63) is 51.4 Å². The van der Waals surface area contributed by atoms with E-state index in [9.17, 15) is 0 Å². The van der Waals surface area contributed by atoms with Crippen molar-refractivity contribution in [3.8, 4) is 0 Å². The molecule has 0 saturated carbocycles. The monoisotopic (exact) mass is 294 g/mol. The summed E-state index contributed by atoms with van der Waals surface area (Å²) >= 11 is 7.61. The average molecular weight is 295 g/mol. The second-order valence-electron chi connectivity index (χ2n) is 4.73. The third-order valence-electron chi connectivity index (χ3n) is 3.10. The van der Waals surface area contributed by atoms with Crippen LogP contribution in [0.2, 0.25) is 5.02 Å². The van der Waals surface area contributed by atoms with Crippen molar-refractivity contribution in [2.24, 2.45) is 0 Å². The molecule has 0 amide bonds. The molecule has 4 heteroatoms. The van der Waals surface area contributed by atoms with E-state index in [4.69, 9.17) is 11.6 Å². The van der Waals surface area contributed by atoms with E-state index in [0.717, 1.165) is 17.9 Å². The van der Waals surface area contributed by atoms with E-state index >= 15 is 0 Å². The molecule has 0 aliphatic rings. The van der Waals surface area contributed by atoms with Gasteiger partial charge in [0.15, 0.2) is 0 Å². The Hall–Kier alpha value is -0.900. The van der Waals surface area contributed by atoms with Crippen LogP contribution < -0.4 is 5.32 Å². The van der Waals surface area contributed by atoms with Gasteiger partial charge in [-0.2, -0.15) is 0 Å². The van der Waals surface area contributed by atoms with E-state index in [-0.39, 0.29) is 0 Å². The van der Waals surface area contributed by atoms with Crippen molar-refractivity contribution >= 4 is 22.9 Å². The molecule has 19 heavy (non-hydrogen) atoms. The summed E-state index contributed by atoms with van der Waals surface area (Å²) in [5.41, 5.74) is 1.30. The van der Waals surface area contributed by atoms with Gasteiger partial charge in [-0.05, 0) is 37.5 Å². The fourth-order valence-corrected chi connectivity index (χ4v) is 3.05. The number of rotatable bonds is 6. The van der Waals surface area contributed by atoms with Gasteiger partial charge >= 0.3 is 0 Å². The molecule has 0 fully saturated rings. The van der Waals surface area contributed by atoms with Gasteiger partial charge < -0.3 is 5.32 Å². The van der Waals surface area contributed by atoms with Gasteiger partial charge in [0, 0.05) is 22.6 Å². The summed E-state index contributed by atoms with van der Waals surface area (Å²) < 4.78 is 0. The smallest absolute Gasteiger partial charge is 0.109 e. The topological polar surface area (TPSA) is 24.9 Å². The van der Waals surface area contributed by atoms with E-state index in [2.05, 4.69) is 36.3 Å². The van der Waals surface area contributed by atoms with E-state index in [1.807, 2.05) is 23.7 Å². The molecule has 0 aliphatic carbocycles. The second kappa shape index (κ2) is 7.04. The Bertz CT molecular complexity index is 481. The van der Waals surface area contributed by atoms with E-state index in [1.54, 1.807) is 11.3 Å². The van der Waals surface area contributed by atoms with Crippen LogP contribution in [0.3, 0.4) is 0 Å². The number of nitrogens with zero attached hydrogens (tertiary/aromatic N) is 1. The van der Waals surface area contributed by atoms with Crippen LogP contribution in [-0.4, -0.2) is 11.0 Å². The van der Waals surface area contributed by atoms with Crippen molar-refractivity contribution < 1.29 is 0 Å². The molecule has 102 valence electrons. The summed E-state index contributed by atoms with van der Waals surface area (Å²) in [6.07, 6.45) is 3.92. The molecule has 1 heterocycles. The molecule has 2 nitrogen and oxygen atoms in total. The van der Waals surface area contributed by atoms with Gasteiger partial charge in [0.25, 0.3) is 0 Å². The number of thiazole rings is 1. The molecular formula is C15H19ClN2S. The first-order valence-electron chi connectivity index (χ1n) is 6.59. The molecule has 0 spiro atoms. The molecular weight excluding hydrogens is 276 g/mol. The zero-order valence-corrected chi connectivity index (χ0v) is 12.8. The first kappa shape index (κ1) is 14.5. The van der Waals surface area contributed by atoms with Crippen molar-refractivity contribution in [2.45, 2.75) is 38.8 Å². The summed E-state index contributed by atoms with van der Waals surface area (Å²) in [5.74, 6) is 0. The van der Waals surface area contributed by atoms with Gasteiger partial charge in [-0.25, -0.2) is 4.98 Å². The van der Waals surface area contributed by atoms with Crippen LogP contribution in [0.5, 0.6) is 0 Å². The van der Waals surface area contributed by atoms with Gasteiger partial charge in [0.05, 0.1) is 6.04 Å². The highest BCUT2D eigenvalue weighted by Gasteiger charge is 2.14. The van der Waals surface area contributed by atoms with Gasteiger partial charge in [-0.15, -0.1) is 11.3 Å². The first-order chi connectivity index (χ1) is 9.19. The number of hydrogen-bond acceptors (Lipinski definition) is 3. The minimum Gasteiger partial charge on any atom is -0.305 e. The minimum absolute atomic E-state index is 0.349. The summed E-state index contributed by atoms with van der Waals surface area (Å²) in [6.45, 7) is 4.40. The Morgan fingerprint density at radius 3 is 2.63 bits per heavy atom. The maximum absolute atomic E-state index is 5.90. The zero-order valence-electron chi connectivity index (χ0n) is 11.3. The van der Waals surface area contributed by atoms with Crippen LogP contribution in [0.1, 0.15) is 36.9 Å². The lowest BCUT2D eigenvalue weighted by Crippen LogP contribution is -2.31. The summed E-state index contributed by atoms with van der Waals surface area (Å²) in [5, 5.41) is 7.64. The highest BCUT2D eigenvalue weighted by molar-refractivity contribution is 7.09. The fourth-order valence-electron chi connectivity index (χ4n) is 2.15. The molecule has 2 atom stereocenters. The number of nitrogens with one attached hydrogen (secondary N) is 1. The molecule has 0 saturated heterocycles. The lowest BCUT2D eigenvalue weighted by atomic mass is 10.1. The number of aromatic nitrogens is 1. The molecule has 0 bridgehead atoms. The maximum atomic E-state index is 5.90. The predicted octanol–water partition coefficient (Wildman–Crippen LogP) is 4.47. The van der Waals surface area contributed by atoms with Gasteiger partial charge in [0.1, 0.15) is 5.01 Å². The third-order valence-corrected chi connectivity index (χ3v) is 4.24. The Morgan fingerprint density at radius 2 is 2.05 bits per heavy atom. The summed E-state index contributed by atoms with van der Waals surface area (Å²) in [7, 11) is 0. The van der Waals surface area contributed by atoms with E-state index in [1.165, 1.54) is 10.6 Å². The molecule has 1 aromatic heterocycles. The normalized spacial score (nSPS) is 14.3. The predicted molar refractivity (Wildman–Crippen MR) is 82.9 cm³/mol. The minimum atomic E-state index is 0.349. The quantitative estimate of drug-likeness (QED) is 0.850. The van der Waals surface area contributed by atoms with Crippen LogP contribution in [0.4, 0.5) is 0 Å². The number of hydrogen-bond donors (Lipinski definition) is 1. The van der Waals surface area contributed by atoms with Gasteiger partial charge in [-0.1, -0.05) is 30.7 Å². The van der Waals surface area contributed by atoms with Crippen LogP contribution in [0, 0.1) is 0 Å². The molecule has 1 aromatic carbocycles. The standard InChI is InChI=1S/C15H19ClN2S/c1-3-14(15-17-8-9-19-15)18-11(2)10-12-4-6-13(16)7-5-12/h4-9,11,14,18H,3,10H2,1-2H3.